The topological polar surface area (TPSA) is 38.5 Å². The largest absolute Gasteiger partial charge is 0.487 e. The molecule has 1 atom stereocenters. The number of fused-ring (bicyclic) bond motifs is 1. The first-order valence-corrected chi connectivity index (χ1v) is 6.49. The fourth-order valence-corrected chi connectivity index (χ4v) is 2.33. The molecule has 94 valence electrons. The van der Waals surface area contributed by atoms with Gasteiger partial charge in [-0.25, -0.2) is 0 Å². The quantitative estimate of drug-likeness (QED) is 0.868. The van der Waals surface area contributed by atoms with Gasteiger partial charge in [0, 0.05) is 6.54 Å². The molecule has 0 saturated heterocycles. The molecule has 0 spiro atoms. The van der Waals surface area contributed by atoms with Crippen LogP contribution in [0.25, 0.3) is 0 Å². The molecule has 0 aliphatic carbocycles. The highest BCUT2D eigenvalue weighted by Crippen LogP contribution is 2.34. The maximum Gasteiger partial charge on any atom is 0.143 e. The van der Waals surface area contributed by atoms with Gasteiger partial charge < -0.3 is 15.4 Å². The molecule has 1 aliphatic rings. The number of rotatable bonds is 4. The Labute approximate surface area is 104 Å². The van der Waals surface area contributed by atoms with Crippen LogP contribution in [0.2, 0.25) is 0 Å². The second-order valence-electron chi connectivity index (χ2n) is 4.66. The minimum Gasteiger partial charge on any atom is -0.487 e. The molecule has 1 aliphatic heterocycles. The molecule has 0 fully saturated rings. The number of benzene rings is 1. The Morgan fingerprint density at radius 1 is 1.47 bits per heavy atom. The monoisotopic (exact) mass is 234 g/mol. The Hall–Kier alpha value is -1.22. The number of hydrogen-bond donors (Lipinski definition) is 1. The second kappa shape index (κ2) is 5.41. The summed E-state index contributed by atoms with van der Waals surface area (Å²) in [5.74, 6) is 1.02. The Morgan fingerprint density at radius 2 is 2.29 bits per heavy atom. The normalized spacial score (nSPS) is 18.8. The average molecular weight is 234 g/mol. The summed E-state index contributed by atoms with van der Waals surface area (Å²) in [6.45, 7) is 7.06. The zero-order valence-electron chi connectivity index (χ0n) is 10.8. The predicted octanol–water partition coefficient (Wildman–Crippen LogP) is 2.19. The lowest BCUT2D eigenvalue weighted by atomic mass is 10.1. The van der Waals surface area contributed by atoms with Crippen molar-refractivity contribution in [3.63, 3.8) is 0 Å². The van der Waals surface area contributed by atoms with Crippen molar-refractivity contribution >= 4 is 5.69 Å². The van der Waals surface area contributed by atoms with E-state index in [9.17, 15) is 0 Å². The van der Waals surface area contributed by atoms with Crippen molar-refractivity contribution in [3.05, 3.63) is 23.8 Å². The Balaban J connectivity index is 2.23. The molecular formula is C14H22N2O. The molecule has 1 heterocycles. The maximum absolute atomic E-state index is 5.86. The molecule has 1 aromatic rings. The van der Waals surface area contributed by atoms with E-state index in [0.717, 1.165) is 38.2 Å². The summed E-state index contributed by atoms with van der Waals surface area (Å²) in [6, 6.07) is 6.50. The SMILES string of the molecule is CCN1CC(C)Oc2ccc(CCCN)cc21. The second-order valence-corrected chi connectivity index (χ2v) is 4.66. The van der Waals surface area contributed by atoms with Gasteiger partial charge in [0.15, 0.2) is 0 Å². The summed E-state index contributed by atoms with van der Waals surface area (Å²) < 4.78 is 5.86. The Bertz CT molecular complexity index is 378. The van der Waals surface area contributed by atoms with E-state index in [0.29, 0.717) is 0 Å². The van der Waals surface area contributed by atoms with E-state index in [-0.39, 0.29) is 6.10 Å². The number of nitrogens with zero attached hydrogens (tertiary/aromatic N) is 1. The molecule has 1 unspecified atom stereocenters. The van der Waals surface area contributed by atoms with Crippen LogP contribution < -0.4 is 15.4 Å². The van der Waals surface area contributed by atoms with Gasteiger partial charge >= 0.3 is 0 Å². The van der Waals surface area contributed by atoms with Crippen molar-refractivity contribution in [2.24, 2.45) is 5.73 Å². The Kier molecular flexibility index (Phi) is 3.89. The summed E-state index contributed by atoms with van der Waals surface area (Å²) >= 11 is 0. The van der Waals surface area contributed by atoms with Gasteiger partial charge in [0.05, 0.1) is 12.2 Å². The molecule has 0 amide bonds. The highest BCUT2D eigenvalue weighted by Gasteiger charge is 2.21. The number of anilines is 1. The molecule has 0 aromatic heterocycles. The van der Waals surface area contributed by atoms with Gasteiger partial charge in [-0.3, -0.25) is 0 Å². The molecular weight excluding hydrogens is 212 g/mol. The molecule has 1 aromatic carbocycles. The third-order valence-corrected chi connectivity index (χ3v) is 3.22. The van der Waals surface area contributed by atoms with Crippen LogP contribution in [-0.2, 0) is 6.42 Å². The van der Waals surface area contributed by atoms with Crippen LogP contribution in [0.5, 0.6) is 5.75 Å². The van der Waals surface area contributed by atoms with Gasteiger partial charge in [-0.2, -0.15) is 0 Å². The van der Waals surface area contributed by atoms with E-state index in [1.807, 2.05) is 0 Å². The lowest BCUT2D eigenvalue weighted by Gasteiger charge is -2.34. The minimum atomic E-state index is 0.275. The van der Waals surface area contributed by atoms with Crippen LogP contribution in [0, 0.1) is 0 Å². The van der Waals surface area contributed by atoms with Crippen LogP contribution in [-0.4, -0.2) is 25.7 Å². The van der Waals surface area contributed by atoms with Gasteiger partial charge in [-0.05, 0) is 50.9 Å². The number of aryl methyl sites for hydroxylation is 1. The predicted molar refractivity (Wildman–Crippen MR) is 71.8 cm³/mol. The smallest absolute Gasteiger partial charge is 0.143 e. The first-order valence-electron chi connectivity index (χ1n) is 6.49. The summed E-state index contributed by atoms with van der Waals surface area (Å²) in [5, 5.41) is 0. The van der Waals surface area contributed by atoms with Crippen LogP contribution in [0.15, 0.2) is 18.2 Å². The van der Waals surface area contributed by atoms with Crippen LogP contribution in [0.1, 0.15) is 25.8 Å². The lowest BCUT2D eigenvalue weighted by Crippen LogP contribution is -2.38. The van der Waals surface area contributed by atoms with Gasteiger partial charge in [0.1, 0.15) is 11.9 Å². The van der Waals surface area contributed by atoms with Gasteiger partial charge in [0.25, 0.3) is 0 Å². The maximum atomic E-state index is 5.86. The Morgan fingerprint density at radius 3 is 3.00 bits per heavy atom. The lowest BCUT2D eigenvalue weighted by molar-refractivity contribution is 0.213. The van der Waals surface area contributed by atoms with E-state index in [1.54, 1.807) is 0 Å². The fourth-order valence-electron chi connectivity index (χ4n) is 2.33. The van der Waals surface area contributed by atoms with Crippen LogP contribution in [0.4, 0.5) is 5.69 Å². The van der Waals surface area contributed by atoms with Crippen molar-refractivity contribution in [1.82, 2.24) is 0 Å². The number of hydrogen-bond acceptors (Lipinski definition) is 3. The minimum absolute atomic E-state index is 0.275. The average Bonchev–Trinajstić information content (AvgIpc) is 2.35. The van der Waals surface area contributed by atoms with Crippen molar-refractivity contribution in [3.8, 4) is 5.75 Å². The summed E-state index contributed by atoms with van der Waals surface area (Å²) in [7, 11) is 0. The van der Waals surface area contributed by atoms with E-state index < -0.39 is 0 Å². The number of ether oxygens (including phenoxy) is 1. The highest BCUT2D eigenvalue weighted by molar-refractivity contribution is 5.61. The number of likely N-dealkylation sites (N-methyl/N-ethyl adjacent to an activating group) is 1. The summed E-state index contributed by atoms with van der Waals surface area (Å²) in [6.07, 6.45) is 2.37. The molecule has 2 rings (SSSR count). The fraction of sp³-hybridized carbons (Fsp3) is 0.571. The van der Waals surface area contributed by atoms with Gasteiger partial charge in [-0.1, -0.05) is 6.07 Å². The zero-order chi connectivity index (χ0) is 12.3. The molecule has 3 heteroatoms. The molecule has 3 nitrogen and oxygen atoms in total. The molecule has 17 heavy (non-hydrogen) atoms. The van der Waals surface area contributed by atoms with Crippen LogP contribution >= 0.6 is 0 Å². The standard InChI is InChI=1S/C14H22N2O/c1-3-16-10-11(2)17-14-7-6-12(5-4-8-15)9-13(14)16/h6-7,9,11H,3-5,8,10,15H2,1-2H3. The van der Waals surface area contributed by atoms with Gasteiger partial charge in [-0.15, -0.1) is 0 Å². The van der Waals surface area contributed by atoms with Crippen molar-refractivity contribution in [2.45, 2.75) is 32.8 Å². The van der Waals surface area contributed by atoms with Crippen molar-refractivity contribution in [2.75, 3.05) is 24.5 Å². The molecule has 0 saturated carbocycles. The highest BCUT2D eigenvalue weighted by atomic mass is 16.5. The number of nitrogens with two attached hydrogens (primary N) is 1. The summed E-state index contributed by atoms with van der Waals surface area (Å²) in [4.78, 5) is 2.38. The molecule has 2 N–H and O–H groups in total. The third kappa shape index (κ3) is 2.72. The van der Waals surface area contributed by atoms with Crippen molar-refractivity contribution in [1.29, 1.82) is 0 Å². The van der Waals surface area contributed by atoms with Crippen molar-refractivity contribution < 1.29 is 4.74 Å². The van der Waals surface area contributed by atoms with Crippen LogP contribution in [0.3, 0.4) is 0 Å². The van der Waals surface area contributed by atoms with E-state index in [4.69, 9.17) is 10.5 Å². The molecule has 0 radical (unpaired) electrons. The van der Waals surface area contributed by atoms with Gasteiger partial charge in [0.2, 0.25) is 0 Å². The zero-order valence-corrected chi connectivity index (χ0v) is 10.8. The third-order valence-electron chi connectivity index (χ3n) is 3.22. The summed E-state index contributed by atoms with van der Waals surface area (Å²) in [5.41, 5.74) is 8.14. The first kappa shape index (κ1) is 12.2. The van der Waals surface area contributed by atoms with E-state index in [2.05, 4.69) is 36.9 Å². The van der Waals surface area contributed by atoms with E-state index >= 15 is 0 Å². The first-order chi connectivity index (χ1) is 8.24. The molecule has 0 bridgehead atoms. The van der Waals surface area contributed by atoms with E-state index in [1.165, 1.54) is 11.3 Å².